The Hall–Kier alpha value is -1.88. The summed E-state index contributed by atoms with van der Waals surface area (Å²) in [7, 11) is 1.64. The largest absolute Gasteiger partial charge is 0.481 e. The molecule has 1 unspecified atom stereocenters. The maximum atomic E-state index is 12.3. The Labute approximate surface area is 124 Å². The van der Waals surface area contributed by atoms with E-state index in [0.717, 1.165) is 24.8 Å². The zero-order valence-corrected chi connectivity index (χ0v) is 12.4. The predicted octanol–water partition coefficient (Wildman–Crippen LogP) is 2.63. The van der Waals surface area contributed by atoms with Gasteiger partial charge in [-0.1, -0.05) is 12.1 Å². The van der Waals surface area contributed by atoms with Crippen LogP contribution in [0.3, 0.4) is 0 Å². The van der Waals surface area contributed by atoms with Crippen molar-refractivity contribution in [2.75, 3.05) is 19.0 Å². The molecule has 0 heterocycles. The Morgan fingerprint density at radius 2 is 1.95 bits per heavy atom. The number of hydrogen-bond acceptors (Lipinski definition) is 3. The Morgan fingerprint density at radius 3 is 2.43 bits per heavy atom. The number of carboxylic acids is 1. The standard InChI is InChI=1S/C16H21NO4/c1-11(14(18)19)12-3-5-13(6-4-12)17-15(20)16(7-8-16)9-10-21-2/h3-6,11H,7-10H2,1-2H3,(H,17,20)(H,18,19). The first kappa shape index (κ1) is 15.5. The average molecular weight is 291 g/mol. The fourth-order valence-corrected chi connectivity index (χ4v) is 2.30. The van der Waals surface area contributed by atoms with Crippen LogP contribution in [0.4, 0.5) is 5.69 Å². The molecule has 2 rings (SSSR count). The Morgan fingerprint density at radius 1 is 1.33 bits per heavy atom. The number of nitrogens with one attached hydrogen (secondary N) is 1. The molecule has 1 fully saturated rings. The van der Waals surface area contributed by atoms with E-state index in [2.05, 4.69) is 5.32 Å². The van der Waals surface area contributed by atoms with Crippen LogP contribution in [0.1, 0.15) is 37.7 Å². The third-order valence-electron chi connectivity index (χ3n) is 4.16. The second-order valence-corrected chi connectivity index (χ2v) is 5.66. The molecule has 0 bridgehead atoms. The van der Waals surface area contributed by atoms with Crippen molar-refractivity contribution in [3.63, 3.8) is 0 Å². The highest BCUT2D eigenvalue weighted by Crippen LogP contribution is 2.49. The van der Waals surface area contributed by atoms with Gasteiger partial charge in [-0.05, 0) is 43.9 Å². The summed E-state index contributed by atoms with van der Waals surface area (Å²) in [6.45, 7) is 2.22. The number of carbonyl (C=O) groups is 2. The van der Waals surface area contributed by atoms with Crippen LogP contribution in [0.2, 0.25) is 0 Å². The summed E-state index contributed by atoms with van der Waals surface area (Å²) in [4.78, 5) is 23.2. The Kier molecular flexibility index (Phi) is 4.63. The number of aliphatic carboxylic acids is 1. The molecule has 0 radical (unpaired) electrons. The minimum atomic E-state index is -0.858. The first-order valence-electron chi connectivity index (χ1n) is 7.12. The van der Waals surface area contributed by atoms with Crippen LogP contribution in [0.5, 0.6) is 0 Å². The van der Waals surface area contributed by atoms with Crippen LogP contribution >= 0.6 is 0 Å². The molecule has 114 valence electrons. The molecule has 1 amide bonds. The summed E-state index contributed by atoms with van der Waals surface area (Å²) in [6, 6.07) is 6.98. The molecule has 5 heteroatoms. The van der Waals surface area contributed by atoms with Gasteiger partial charge in [-0.2, -0.15) is 0 Å². The number of amides is 1. The summed E-state index contributed by atoms with van der Waals surface area (Å²) in [5, 5.41) is 11.9. The summed E-state index contributed by atoms with van der Waals surface area (Å²) in [6.07, 6.45) is 2.54. The van der Waals surface area contributed by atoms with Gasteiger partial charge in [-0.3, -0.25) is 9.59 Å². The summed E-state index contributed by atoms with van der Waals surface area (Å²) in [5.74, 6) is -1.38. The highest BCUT2D eigenvalue weighted by Gasteiger charge is 2.49. The maximum Gasteiger partial charge on any atom is 0.310 e. The van der Waals surface area contributed by atoms with Gasteiger partial charge in [-0.25, -0.2) is 0 Å². The molecule has 1 aliphatic carbocycles. The molecule has 21 heavy (non-hydrogen) atoms. The topological polar surface area (TPSA) is 75.6 Å². The predicted molar refractivity (Wildman–Crippen MR) is 79.3 cm³/mol. The third-order valence-corrected chi connectivity index (χ3v) is 4.16. The highest BCUT2D eigenvalue weighted by atomic mass is 16.5. The van der Waals surface area contributed by atoms with Crippen LogP contribution in [-0.4, -0.2) is 30.7 Å². The van der Waals surface area contributed by atoms with Gasteiger partial charge in [0.25, 0.3) is 0 Å². The number of benzene rings is 1. The van der Waals surface area contributed by atoms with Crippen molar-refractivity contribution in [3.8, 4) is 0 Å². The van der Waals surface area contributed by atoms with Crippen LogP contribution in [0.15, 0.2) is 24.3 Å². The summed E-state index contributed by atoms with van der Waals surface area (Å²) < 4.78 is 5.05. The van der Waals surface area contributed by atoms with E-state index < -0.39 is 11.9 Å². The number of ether oxygens (including phenoxy) is 1. The van der Waals surface area contributed by atoms with Gasteiger partial charge < -0.3 is 15.2 Å². The Bertz CT molecular complexity index is 520. The molecular formula is C16H21NO4. The van der Waals surface area contributed by atoms with Gasteiger partial charge in [0.05, 0.1) is 11.3 Å². The number of rotatable bonds is 7. The van der Waals surface area contributed by atoms with Gasteiger partial charge in [0.1, 0.15) is 0 Å². The van der Waals surface area contributed by atoms with E-state index in [9.17, 15) is 9.59 Å². The van der Waals surface area contributed by atoms with E-state index in [1.807, 2.05) is 0 Å². The lowest BCUT2D eigenvalue weighted by Gasteiger charge is -2.15. The fourth-order valence-electron chi connectivity index (χ4n) is 2.30. The number of carbonyl (C=O) groups excluding carboxylic acids is 1. The normalized spacial score (nSPS) is 17.0. The van der Waals surface area contributed by atoms with Crippen LogP contribution in [-0.2, 0) is 14.3 Å². The van der Waals surface area contributed by atoms with Gasteiger partial charge in [0, 0.05) is 19.4 Å². The van der Waals surface area contributed by atoms with Gasteiger partial charge >= 0.3 is 5.97 Å². The minimum Gasteiger partial charge on any atom is -0.481 e. The molecular weight excluding hydrogens is 270 g/mol. The van der Waals surface area contributed by atoms with E-state index in [-0.39, 0.29) is 11.3 Å². The first-order valence-corrected chi connectivity index (χ1v) is 7.12. The molecule has 1 aromatic rings. The molecule has 0 saturated heterocycles. The van der Waals surface area contributed by atoms with Crippen LogP contribution < -0.4 is 5.32 Å². The average Bonchev–Trinajstić information content (AvgIpc) is 3.26. The van der Waals surface area contributed by atoms with Crippen molar-refractivity contribution in [2.24, 2.45) is 5.41 Å². The quantitative estimate of drug-likeness (QED) is 0.809. The highest BCUT2D eigenvalue weighted by molar-refractivity contribution is 5.97. The smallest absolute Gasteiger partial charge is 0.310 e. The molecule has 2 N–H and O–H groups in total. The summed E-state index contributed by atoms with van der Waals surface area (Å²) >= 11 is 0. The molecule has 1 aromatic carbocycles. The maximum absolute atomic E-state index is 12.3. The SMILES string of the molecule is COCCC1(C(=O)Nc2ccc(C(C)C(=O)O)cc2)CC1. The van der Waals surface area contributed by atoms with Crippen molar-refractivity contribution in [1.82, 2.24) is 0 Å². The first-order chi connectivity index (χ1) is 9.98. The van der Waals surface area contributed by atoms with Crippen molar-refractivity contribution in [1.29, 1.82) is 0 Å². The third kappa shape index (κ3) is 3.61. The lowest BCUT2D eigenvalue weighted by molar-refractivity contribution is -0.138. The number of methoxy groups -OCH3 is 1. The molecule has 5 nitrogen and oxygen atoms in total. The molecule has 1 aliphatic rings. The van der Waals surface area contributed by atoms with E-state index in [1.165, 1.54) is 0 Å². The van der Waals surface area contributed by atoms with Gasteiger partial charge in [0.2, 0.25) is 5.91 Å². The van der Waals surface area contributed by atoms with Crippen molar-refractivity contribution < 1.29 is 19.4 Å². The lowest BCUT2D eigenvalue weighted by Crippen LogP contribution is -2.25. The van der Waals surface area contributed by atoms with E-state index in [4.69, 9.17) is 9.84 Å². The van der Waals surface area contributed by atoms with E-state index >= 15 is 0 Å². The summed E-state index contributed by atoms with van der Waals surface area (Å²) in [5.41, 5.74) is 1.15. The van der Waals surface area contributed by atoms with E-state index in [0.29, 0.717) is 12.3 Å². The molecule has 1 saturated carbocycles. The Balaban J connectivity index is 1.97. The fraction of sp³-hybridized carbons (Fsp3) is 0.500. The number of hydrogen-bond donors (Lipinski definition) is 2. The molecule has 1 atom stereocenters. The molecule has 0 spiro atoms. The minimum absolute atomic E-state index is 0.0265. The van der Waals surface area contributed by atoms with Crippen LogP contribution in [0.25, 0.3) is 0 Å². The van der Waals surface area contributed by atoms with Crippen molar-refractivity contribution >= 4 is 17.6 Å². The van der Waals surface area contributed by atoms with Crippen molar-refractivity contribution in [2.45, 2.75) is 32.1 Å². The second-order valence-electron chi connectivity index (χ2n) is 5.66. The zero-order valence-electron chi connectivity index (χ0n) is 12.4. The number of carboxylic acid groups (broad SMARTS) is 1. The van der Waals surface area contributed by atoms with E-state index in [1.54, 1.807) is 38.3 Å². The second kappa shape index (κ2) is 6.26. The molecule has 0 aromatic heterocycles. The zero-order chi connectivity index (χ0) is 15.5. The monoisotopic (exact) mass is 291 g/mol. The molecule has 0 aliphatic heterocycles. The number of anilines is 1. The van der Waals surface area contributed by atoms with Crippen molar-refractivity contribution in [3.05, 3.63) is 29.8 Å². The lowest BCUT2D eigenvalue weighted by atomic mass is 10.00. The van der Waals surface area contributed by atoms with Gasteiger partial charge in [-0.15, -0.1) is 0 Å². The van der Waals surface area contributed by atoms with Gasteiger partial charge in [0.15, 0.2) is 0 Å². The van der Waals surface area contributed by atoms with Crippen LogP contribution in [0, 0.1) is 5.41 Å².